The molecule has 0 N–H and O–H groups in total. The van der Waals surface area contributed by atoms with Crippen molar-refractivity contribution in [3.63, 3.8) is 0 Å². The zero-order valence-electron chi connectivity index (χ0n) is 34.9. The molecule has 2 aliphatic carbocycles. The van der Waals surface area contributed by atoms with Gasteiger partial charge < -0.3 is 14.2 Å². The Balaban J connectivity index is 1.08. The topological polar surface area (TPSA) is 19.6 Å². The van der Waals surface area contributed by atoms with Crippen LogP contribution in [0.3, 0.4) is 0 Å². The van der Waals surface area contributed by atoms with Crippen LogP contribution in [-0.2, 0) is 5.41 Å². The van der Waals surface area contributed by atoms with E-state index in [-0.39, 0.29) is 0 Å². The minimum atomic E-state index is -0.685. The Hall–Kier alpha value is -8.40. The van der Waals surface area contributed by atoms with Crippen LogP contribution in [0.5, 0.6) is 0 Å². The largest absolute Gasteiger partial charge is 0.456 e. The Morgan fingerprint density at radius 3 is 1.61 bits per heavy atom. The number of hydrogen-bond donors (Lipinski definition) is 0. The maximum atomic E-state index is 7.02. The first kappa shape index (κ1) is 36.3. The number of benzene rings is 10. The van der Waals surface area contributed by atoms with E-state index in [9.17, 15) is 0 Å². The molecule has 0 radical (unpaired) electrons. The fraction of sp³-hybridized carbons (Fsp3) is 0.0164. The Kier molecular flexibility index (Phi) is 8.13. The summed E-state index contributed by atoms with van der Waals surface area (Å²) in [5, 5.41) is 3.54. The summed E-state index contributed by atoms with van der Waals surface area (Å²) in [7, 11) is 0. The molecule has 3 nitrogen and oxygen atoms in total. The quantitative estimate of drug-likeness (QED) is 0.160. The van der Waals surface area contributed by atoms with Gasteiger partial charge in [-0.2, -0.15) is 0 Å². The predicted octanol–water partition coefficient (Wildman–Crippen LogP) is 16.5. The van der Waals surface area contributed by atoms with Gasteiger partial charge in [-0.3, -0.25) is 0 Å². The number of hydrogen-bond acceptors (Lipinski definition) is 3. The van der Waals surface area contributed by atoms with E-state index in [4.69, 9.17) is 4.42 Å². The van der Waals surface area contributed by atoms with Gasteiger partial charge in [-0.1, -0.05) is 164 Å². The molecule has 1 unspecified atom stereocenters. The SMILES string of the molecule is c1ccc(-c2ccc(N(c3ccccc3)c3ccc4c(c3)C3(c5ccccc5-c5ccc(N(c6ccccc6)c6cccc7ccccc67)cc53)c3c-4oc4ccccc34)cc2)cc1. The molecule has 1 atom stereocenters. The third kappa shape index (κ3) is 5.34. The number of furan rings is 1. The van der Waals surface area contributed by atoms with Crippen molar-refractivity contribution < 1.29 is 4.42 Å². The van der Waals surface area contributed by atoms with Crippen LogP contribution >= 0.6 is 0 Å². The van der Waals surface area contributed by atoms with Gasteiger partial charge in [0, 0.05) is 50.3 Å². The van der Waals surface area contributed by atoms with E-state index in [2.05, 4.69) is 252 Å². The summed E-state index contributed by atoms with van der Waals surface area (Å²) in [5.74, 6) is 0.934. The maximum absolute atomic E-state index is 7.02. The van der Waals surface area contributed by atoms with Crippen LogP contribution in [0.25, 0.3) is 55.3 Å². The third-order valence-corrected chi connectivity index (χ3v) is 13.4. The molecule has 0 saturated heterocycles. The molecule has 1 heterocycles. The summed E-state index contributed by atoms with van der Waals surface area (Å²) in [5.41, 5.74) is 17.7. The molecular formula is C61H40N2O. The highest BCUT2D eigenvalue weighted by Crippen LogP contribution is 2.66. The van der Waals surface area contributed by atoms with Crippen molar-refractivity contribution in [1.82, 2.24) is 0 Å². The highest BCUT2D eigenvalue weighted by molar-refractivity contribution is 6.04. The van der Waals surface area contributed by atoms with Crippen LogP contribution in [0.2, 0.25) is 0 Å². The average molecular weight is 817 g/mol. The molecule has 1 spiro atoms. The van der Waals surface area contributed by atoms with Crippen molar-refractivity contribution in [2.24, 2.45) is 0 Å². The standard InChI is InChI=1S/C61H40N2O/c1-4-17-41(18-5-1)42-31-33-46(34-32-42)62(44-21-6-2-7-22-44)47-36-38-52-56(39-47)61(59-53-27-13-15-30-58(53)64-60(52)59)54-28-14-12-26-50(54)51-37-35-48(40-55(51)61)63(45-23-8-3-9-24-45)57-29-16-20-43-19-10-11-25-49(43)57/h1-40H. The monoisotopic (exact) mass is 816 g/mol. The first-order valence-corrected chi connectivity index (χ1v) is 22.0. The molecule has 0 amide bonds. The van der Waals surface area contributed by atoms with Gasteiger partial charge in [0.25, 0.3) is 0 Å². The minimum Gasteiger partial charge on any atom is -0.456 e. The van der Waals surface area contributed by atoms with Gasteiger partial charge in [0.05, 0.1) is 11.1 Å². The summed E-state index contributed by atoms with van der Waals surface area (Å²) >= 11 is 0. The molecule has 1 aromatic heterocycles. The first-order chi connectivity index (χ1) is 31.8. The van der Waals surface area contributed by atoms with Crippen molar-refractivity contribution >= 4 is 55.9 Å². The molecule has 0 saturated carbocycles. The lowest BCUT2D eigenvalue weighted by Gasteiger charge is -2.33. The number of nitrogens with zero attached hydrogens (tertiary/aromatic N) is 2. The Labute approximate surface area is 372 Å². The van der Waals surface area contributed by atoms with Gasteiger partial charge in [0.2, 0.25) is 0 Å². The molecule has 3 heteroatoms. The van der Waals surface area contributed by atoms with Gasteiger partial charge in [0.15, 0.2) is 0 Å². The lowest BCUT2D eigenvalue weighted by molar-refractivity contribution is 0.628. The molecule has 2 aliphatic rings. The smallest absolute Gasteiger partial charge is 0.140 e. The van der Waals surface area contributed by atoms with E-state index in [1.54, 1.807) is 0 Å². The number of rotatable bonds is 7. The van der Waals surface area contributed by atoms with Gasteiger partial charge in [0.1, 0.15) is 11.3 Å². The third-order valence-electron chi connectivity index (χ3n) is 13.4. The summed E-state index contributed by atoms with van der Waals surface area (Å²) < 4.78 is 7.02. The maximum Gasteiger partial charge on any atom is 0.140 e. The number of anilines is 6. The van der Waals surface area contributed by atoms with Gasteiger partial charge in [-0.25, -0.2) is 0 Å². The van der Waals surface area contributed by atoms with Crippen LogP contribution in [0.15, 0.2) is 247 Å². The van der Waals surface area contributed by atoms with Gasteiger partial charge >= 0.3 is 0 Å². The summed E-state index contributed by atoms with van der Waals surface area (Å²) in [6, 6.07) is 88.1. The number of para-hydroxylation sites is 3. The summed E-state index contributed by atoms with van der Waals surface area (Å²) in [6.45, 7) is 0. The average Bonchev–Trinajstić information content (AvgIpc) is 3.99. The highest BCUT2D eigenvalue weighted by Gasteiger charge is 2.55. The second kappa shape index (κ2) is 14.3. The highest BCUT2D eigenvalue weighted by atomic mass is 16.3. The summed E-state index contributed by atoms with van der Waals surface area (Å²) in [4.78, 5) is 4.81. The lowest BCUT2D eigenvalue weighted by Crippen LogP contribution is -2.26. The molecule has 300 valence electrons. The molecule has 0 bridgehead atoms. The summed E-state index contributed by atoms with van der Waals surface area (Å²) in [6.07, 6.45) is 0. The molecule has 11 aromatic rings. The zero-order chi connectivity index (χ0) is 42.2. The molecule has 0 fully saturated rings. The van der Waals surface area contributed by atoms with E-state index in [0.29, 0.717) is 0 Å². The Morgan fingerprint density at radius 2 is 0.844 bits per heavy atom. The van der Waals surface area contributed by atoms with Crippen LogP contribution in [-0.4, -0.2) is 0 Å². The molecular weight excluding hydrogens is 777 g/mol. The normalized spacial score (nSPS) is 14.3. The molecule has 10 aromatic carbocycles. The van der Waals surface area contributed by atoms with E-state index in [1.807, 2.05) is 0 Å². The Morgan fingerprint density at radius 1 is 0.328 bits per heavy atom. The fourth-order valence-corrected chi connectivity index (χ4v) is 10.8. The Bertz CT molecular complexity index is 3550. The van der Waals surface area contributed by atoms with E-state index < -0.39 is 5.41 Å². The van der Waals surface area contributed by atoms with Crippen molar-refractivity contribution in [3.8, 4) is 33.6 Å². The predicted molar refractivity (Wildman–Crippen MR) is 265 cm³/mol. The van der Waals surface area contributed by atoms with Crippen molar-refractivity contribution in [1.29, 1.82) is 0 Å². The van der Waals surface area contributed by atoms with Crippen LogP contribution < -0.4 is 9.80 Å². The van der Waals surface area contributed by atoms with Crippen LogP contribution in [0.1, 0.15) is 22.3 Å². The fourth-order valence-electron chi connectivity index (χ4n) is 10.8. The molecule has 13 rings (SSSR count). The van der Waals surface area contributed by atoms with E-state index in [1.165, 1.54) is 55.3 Å². The zero-order valence-corrected chi connectivity index (χ0v) is 34.9. The second-order valence-corrected chi connectivity index (χ2v) is 16.8. The lowest BCUT2D eigenvalue weighted by atomic mass is 9.70. The van der Waals surface area contributed by atoms with Crippen LogP contribution in [0, 0.1) is 0 Å². The van der Waals surface area contributed by atoms with Crippen LogP contribution in [0.4, 0.5) is 34.1 Å². The minimum absolute atomic E-state index is 0.685. The molecule has 64 heavy (non-hydrogen) atoms. The number of fused-ring (bicyclic) bond motifs is 13. The van der Waals surface area contributed by atoms with Gasteiger partial charge in [-0.15, -0.1) is 0 Å². The van der Waals surface area contributed by atoms with Crippen molar-refractivity contribution in [2.45, 2.75) is 5.41 Å². The van der Waals surface area contributed by atoms with Crippen molar-refractivity contribution in [3.05, 3.63) is 265 Å². The van der Waals surface area contributed by atoms with Crippen molar-refractivity contribution in [2.75, 3.05) is 9.80 Å². The van der Waals surface area contributed by atoms with Gasteiger partial charge in [-0.05, 0) is 123 Å². The van der Waals surface area contributed by atoms with E-state index >= 15 is 0 Å². The molecule has 0 aliphatic heterocycles. The first-order valence-electron chi connectivity index (χ1n) is 22.0. The second-order valence-electron chi connectivity index (χ2n) is 16.8. The van der Waals surface area contributed by atoms with E-state index in [0.717, 1.165) is 56.4 Å².